The molecule has 0 atom stereocenters. The zero-order valence-corrected chi connectivity index (χ0v) is 18.2. The zero-order valence-electron chi connectivity index (χ0n) is 16.6. The van der Waals surface area contributed by atoms with Crippen molar-refractivity contribution in [1.82, 2.24) is 10.6 Å². The van der Waals surface area contributed by atoms with Crippen molar-refractivity contribution in [1.29, 1.82) is 0 Å². The molecule has 2 aromatic heterocycles. The highest BCUT2D eigenvalue weighted by molar-refractivity contribution is 7.12. The maximum absolute atomic E-state index is 11.8. The second-order valence-electron chi connectivity index (χ2n) is 7.00. The van der Waals surface area contributed by atoms with Crippen molar-refractivity contribution in [3.05, 3.63) is 44.8 Å². The van der Waals surface area contributed by atoms with Crippen LogP contribution in [0.1, 0.15) is 83.6 Å². The van der Waals surface area contributed by atoms with Crippen LogP contribution in [0.25, 0.3) is 0 Å². The van der Waals surface area contributed by atoms with Gasteiger partial charge in [0, 0.05) is 13.1 Å². The molecule has 2 amide bonds. The molecule has 0 spiro atoms. The van der Waals surface area contributed by atoms with Gasteiger partial charge in [-0.25, -0.2) is 0 Å². The molecule has 0 saturated carbocycles. The van der Waals surface area contributed by atoms with Gasteiger partial charge in [0.2, 0.25) is 0 Å². The molecule has 0 aliphatic rings. The van der Waals surface area contributed by atoms with Crippen molar-refractivity contribution in [3.63, 3.8) is 0 Å². The standard InChI is InChI=1S/C22H32N2O2S2/c25-21(19-13-11-17-27-19)23-15-9-7-5-3-1-2-4-6-8-10-16-24-22(26)20-14-12-18-28-20/h11-14,17-18H,1-10,15-16H2,(H,23,25)(H,24,26). The minimum Gasteiger partial charge on any atom is -0.351 e. The summed E-state index contributed by atoms with van der Waals surface area (Å²) in [6, 6.07) is 7.54. The maximum atomic E-state index is 11.8. The number of carbonyl (C=O) groups is 2. The molecule has 0 aromatic carbocycles. The second-order valence-corrected chi connectivity index (χ2v) is 8.90. The molecule has 0 saturated heterocycles. The van der Waals surface area contributed by atoms with Gasteiger partial charge in [0.05, 0.1) is 9.75 Å². The monoisotopic (exact) mass is 420 g/mol. The molecular weight excluding hydrogens is 388 g/mol. The lowest BCUT2D eigenvalue weighted by molar-refractivity contribution is 0.0948. The molecule has 6 heteroatoms. The molecule has 4 nitrogen and oxygen atoms in total. The molecule has 0 radical (unpaired) electrons. The van der Waals surface area contributed by atoms with Crippen LogP contribution in [0, 0.1) is 0 Å². The fourth-order valence-electron chi connectivity index (χ4n) is 3.06. The van der Waals surface area contributed by atoms with Gasteiger partial charge >= 0.3 is 0 Å². The Balaban J connectivity index is 1.29. The van der Waals surface area contributed by atoms with Crippen molar-refractivity contribution in [2.24, 2.45) is 0 Å². The Bertz CT molecular complexity index is 596. The first-order chi connectivity index (χ1) is 13.8. The van der Waals surface area contributed by atoms with E-state index in [1.165, 1.54) is 74.0 Å². The number of unbranched alkanes of at least 4 members (excludes halogenated alkanes) is 9. The largest absolute Gasteiger partial charge is 0.351 e. The summed E-state index contributed by atoms with van der Waals surface area (Å²) in [5.41, 5.74) is 0. The molecular formula is C22H32N2O2S2. The third-order valence-electron chi connectivity index (χ3n) is 4.66. The van der Waals surface area contributed by atoms with Gasteiger partial charge < -0.3 is 10.6 Å². The Morgan fingerprint density at radius 1 is 0.607 bits per heavy atom. The summed E-state index contributed by atoms with van der Waals surface area (Å²) in [4.78, 5) is 25.1. The van der Waals surface area contributed by atoms with E-state index < -0.39 is 0 Å². The number of thiophene rings is 2. The van der Waals surface area contributed by atoms with E-state index in [0.717, 1.165) is 35.7 Å². The summed E-state index contributed by atoms with van der Waals surface area (Å²) in [5, 5.41) is 9.82. The van der Waals surface area contributed by atoms with E-state index in [2.05, 4.69) is 10.6 Å². The summed E-state index contributed by atoms with van der Waals surface area (Å²) in [6.07, 6.45) is 12.2. The summed E-state index contributed by atoms with van der Waals surface area (Å²) in [7, 11) is 0. The number of rotatable bonds is 15. The van der Waals surface area contributed by atoms with Crippen molar-refractivity contribution in [2.45, 2.75) is 64.2 Å². The molecule has 0 aliphatic heterocycles. The molecule has 0 fully saturated rings. The number of amides is 2. The van der Waals surface area contributed by atoms with E-state index in [0.29, 0.717) is 0 Å². The molecule has 0 aliphatic carbocycles. The first-order valence-electron chi connectivity index (χ1n) is 10.4. The van der Waals surface area contributed by atoms with Crippen LogP contribution in [0.2, 0.25) is 0 Å². The predicted molar refractivity (Wildman–Crippen MR) is 119 cm³/mol. The van der Waals surface area contributed by atoms with E-state index in [1.54, 1.807) is 0 Å². The summed E-state index contributed by atoms with van der Waals surface area (Å²) in [6.45, 7) is 1.56. The Morgan fingerprint density at radius 3 is 1.29 bits per heavy atom. The SMILES string of the molecule is O=C(NCCCCCCCCCCCCNC(=O)c1cccs1)c1cccs1. The number of hydrogen-bond acceptors (Lipinski definition) is 4. The molecule has 2 rings (SSSR count). The average molecular weight is 421 g/mol. The van der Waals surface area contributed by atoms with Gasteiger partial charge in [-0.2, -0.15) is 0 Å². The summed E-state index contributed by atoms with van der Waals surface area (Å²) < 4.78 is 0. The highest BCUT2D eigenvalue weighted by Gasteiger charge is 2.05. The van der Waals surface area contributed by atoms with Gasteiger partial charge in [-0.1, -0.05) is 63.5 Å². The first kappa shape index (κ1) is 22.6. The summed E-state index contributed by atoms with van der Waals surface area (Å²) in [5.74, 6) is 0.113. The smallest absolute Gasteiger partial charge is 0.261 e. The third kappa shape index (κ3) is 9.51. The lowest BCUT2D eigenvalue weighted by Gasteiger charge is -2.05. The lowest BCUT2D eigenvalue weighted by atomic mass is 10.1. The van der Waals surface area contributed by atoms with E-state index in [-0.39, 0.29) is 11.8 Å². The van der Waals surface area contributed by atoms with Crippen LogP contribution in [0.15, 0.2) is 35.0 Å². The lowest BCUT2D eigenvalue weighted by Crippen LogP contribution is -2.23. The van der Waals surface area contributed by atoms with E-state index in [9.17, 15) is 9.59 Å². The molecule has 28 heavy (non-hydrogen) atoms. The van der Waals surface area contributed by atoms with E-state index in [4.69, 9.17) is 0 Å². The van der Waals surface area contributed by atoms with Gasteiger partial charge in [0.1, 0.15) is 0 Å². The number of carbonyl (C=O) groups excluding carboxylic acids is 2. The minimum absolute atomic E-state index is 0.0566. The fourth-order valence-corrected chi connectivity index (χ4v) is 4.34. The van der Waals surface area contributed by atoms with Gasteiger partial charge in [0.25, 0.3) is 11.8 Å². The molecule has 154 valence electrons. The van der Waals surface area contributed by atoms with Crippen LogP contribution >= 0.6 is 22.7 Å². The topological polar surface area (TPSA) is 58.2 Å². The van der Waals surface area contributed by atoms with Crippen molar-refractivity contribution in [2.75, 3.05) is 13.1 Å². The van der Waals surface area contributed by atoms with Crippen LogP contribution < -0.4 is 10.6 Å². The van der Waals surface area contributed by atoms with Crippen molar-refractivity contribution >= 4 is 34.5 Å². The minimum atomic E-state index is 0.0566. The second kappa shape index (κ2) is 14.4. The van der Waals surface area contributed by atoms with Gasteiger partial charge in [-0.15, -0.1) is 22.7 Å². The first-order valence-corrected chi connectivity index (χ1v) is 12.2. The number of nitrogens with one attached hydrogen (secondary N) is 2. The highest BCUT2D eigenvalue weighted by atomic mass is 32.1. The normalized spacial score (nSPS) is 10.7. The van der Waals surface area contributed by atoms with Crippen LogP contribution in [0.4, 0.5) is 0 Å². The van der Waals surface area contributed by atoms with Crippen LogP contribution in [0.3, 0.4) is 0 Å². The summed E-state index contributed by atoms with van der Waals surface area (Å²) >= 11 is 2.97. The highest BCUT2D eigenvalue weighted by Crippen LogP contribution is 2.11. The Morgan fingerprint density at radius 2 is 0.964 bits per heavy atom. The molecule has 2 N–H and O–H groups in total. The average Bonchev–Trinajstić information content (AvgIpc) is 3.41. The molecule has 2 heterocycles. The predicted octanol–water partition coefficient (Wildman–Crippen LogP) is 5.87. The van der Waals surface area contributed by atoms with E-state index >= 15 is 0 Å². The fraction of sp³-hybridized carbons (Fsp3) is 0.545. The quantitative estimate of drug-likeness (QED) is 0.354. The van der Waals surface area contributed by atoms with Crippen molar-refractivity contribution in [3.8, 4) is 0 Å². The zero-order chi connectivity index (χ0) is 19.9. The van der Waals surface area contributed by atoms with Gasteiger partial charge in [0.15, 0.2) is 0 Å². The molecule has 0 unspecified atom stereocenters. The molecule has 2 aromatic rings. The van der Waals surface area contributed by atoms with Crippen molar-refractivity contribution < 1.29 is 9.59 Å². The van der Waals surface area contributed by atoms with Crippen LogP contribution in [-0.2, 0) is 0 Å². The molecule has 0 bridgehead atoms. The van der Waals surface area contributed by atoms with Gasteiger partial charge in [-0.3, -0.25) is 9.59 Å². The third-order valence-corrected chi connectivity index (χ3v) is 6.40. The van der Waals surface area contributed by atoms with Crippen LogP contribution in [-0.4, -0.2) is 24.9 Å². The van der Waals surface area contributed by atoms with Crippen LogP contribution in [0.5, 0.6) is 0 Å². The van der Waals surface area contributed by atoms with E-state index in [1.807, 2.05) is 35.0 Å². The maximum Gasteiger partial charge on any atom is 0.261 e. The Hall–Kier alpha value is -1.66. The van der Waals surface area contributed by atoms with Gasteiger partial charge in [-0.05, 0) is 35.7 Å². The Labute approximate surface area is 176 Å². The number of hydrogen-bond donors (Lipinski definition) is 2. The Kier molecular flexibility index (Phi) is 11.6.